The van der Waals surface area contributed by atoms with Crippen molar-refractivity contribution in [3.8, 4) is 11.3 Å². The Kier molecular flexibility index (Phi) is 6.23. The minimum Gasteiger partial charge on any atom is -0.378 e. The van der Waals surface area contributed by atoms with Crippen molar-refractivity contribution in [1.82, 2.24) is 10.5 Å². The van der Waals surface area contributed by atoms with E-state index in [4.69, 9.17) is 9.26 Å². The molecule has 1 aromatic heterocycles. The molecule has 5 nitrogen and oxygen atoms in total. The number of carbonyl (C=O) groups excluding carboxylic acids is 1. The highest BCUT2D eigenvalue weighted by molar-refractivity contribution is 6.00. The molecule has 5 heteroatoms. The van der Waals surface area contributed by atoms with E-state index in [1.807, 2.05) is 30.3 Å². The van der Waals surface area contributed by atoms with Crippen LogP contribution in [0.5, 0.6) is 0 Å². The number of nitrogens with one attached hydrogen (secondary N) is 1. The van der Waals surface area contributed by atoms with Crippen molar-refractivity contribution in [1.29, 1.82) is 0 Å². The molecule has 0 atom stereocenters. The molecule has 3 rings (SSSR count). The van der Waals surface area contributed by atoms with Crippen LogP contribution >= 0.6 is 0 Å². The van der Waals surface area contributed by atoms with Crippen LogP contribution in [0.3, 0.4) is 0 Å². The minimum absolute atomic E-state index is 0.143. The van der Waals surface area contributed by atoms with Crippen LogP contribution in [0.4, 0.5) is 0 Å². The maximum absolute atomic E-state index is 12.5. The summed E-state index contributed by atoms with van der Waals surface area (Å²) >= 11 is 0. The lowest BCUT2D eigenvalue weighted by Gasteiger charge is -2.21. The third kappa shape index (κ3) is 4.69. The largest absolute Gasteiger partial charge is 0.378 e. The molecule has 1 N–H and O–H groups in total. The molecular formula is C20H26N2O3. The van der Waals surface area contributed by atoms with Crippen LogP contribution in [0.15, 0.2) is 34.9 Å². The summed E-state index contributed by atoms with van der Waals surface area (Å²) in [6.45, 7) is 3.05. The predicted molar refractivity (Wildman–Crippen MR) is 96.5 cm³/mol. The molecule has 0 aliphatic heterocycles. The summed E-state index contributed by atoms with van der Waals surface area (Å²) in [7, 11) is 0. The summed E-state index contributed by atoms with van der Waals surface area (Å²) in [5.41, 5.74) is 1.98. The summed E-state index contributed by atoms with van der Waals surface area (Å²) < 4.78 is 11.1. The number of rotatable bonds is 7. The molecule has 25 heavy (non-hydrogen) atoms. The Bertz CT molecular complexity index is 676. The standard InChI is InChI=1S/C20H26N2O3/c1-15-18(19(22-25-15)16-9-4-2-5-10-16)20(23)21-13-8-14-24-17-11-6-3-7-12-17/h2,4-5,9-10,17H,3,6-8,11-14H2,1H3,(H,21,23). The first kappa shape index (κ1) is 17.7. The van der Waals surface area contributed by atoms with Gasteiger partial charge >= 0.3 is 0 Å². The van der Waals surface area contributed by atoms with Gasteiger partial charge in [0.25, 0.3) is 5.91 Å². The van der Waals surface area contributed by atoms with E-state index in [9.17, 15) is 4.79 Å². The Morgan fingerprint density at radius 2 is 2.00 bits per heavy atom. The van der Waals surface area contributed by atoms with Gasteiger partial charge in [0.1, 0.15) is 17.0 Å². The van der Waals surface area contributed by atoms with Crippen molar-refractivity contribution in [2.45, 2.75) is 51.6 Å². The highest BCUT2D eigenvalue weighted by atomic mass is 16.5. The van der Waals surface area contributed by atoms with E-state index >= 15 is 0 Å². The topological polar surface area (TPSA) is 64.4 Å². The zero-order chi connectivity index (χ0) is 17.5. The maximum atomic E-state index is 12.5. The first-order valence-electron chi connectivity index (χ1n) is 9.17. The molecule has 1 aliphatic carbocycles. The smallest absolute Gasteiger partial charge is 0.257 e. The van der Waals surface area contributed by atoms with Crippen LogP contribution in [-0.4, -0.2) is 30.3 Å². The van der Waals surface area contributed by atoms with Crippen molar-refractivity contribution < 1.29 is 14.1 Å². The van der Waals surface area contributed by atoms with E-state index in [1.165, 1.54) is 32.1 Å². The Morgan fingerprint density at radius 3 is 2.76 bits per heavy atom. The molecule has 0 unspecified atom stereocenters. The van der Waals surface area contributed by atoms with Gasteiger partial charge in [-0.05, 0) is 26.2 Å². The second-order valence-electron chi connectivity index (χ2n) is 6.57. The fraction of sp³-hybridized carbons (Fsp3) is 0.500. The molecule has 1 saturated carbocycles. The molecule has 0 bridgehead atoms. The average Bonchev–Trinajstić information content (AvgIpc) is 3.04. The van der Waals surface area contributed by atoms with Crippen LogP contribution in [0.25, 0.3) is 11.3 Å². The number of amides is 1. The zero-order valence-corrected chi connectivity index (χ0v) is 14.8. The van der Waals surface area contributed by atoms with Crippen molar-refractivity contribution in [2.75, 3.05) is 13.2 Å². The number of carbonyl (C=O) groups is 1. The van der Waals surface area contributed by atoms with E-state index in [0.29, 0.717) is 36.3 Å². The van der Waals surface area contributed by atoms with E-state index in [2.05, 4.69) is 10.5 Å². The second kappa shape index (κ2) is 8.81. The number of benzene rings is 1. The molecular weight excluding hydrogens is 316 g/mol. The van der Waals surface area contributed by atoms with Crippen molar-refractivity contribution in [3.05, 3.63) is 41.7 Å². The number of nitrogens with zero attached hydrogens (tertiary/aromatic N) is 1. The van der Waals surface area contributed by atoms with Crippen LogP contribution in [0, 0.1) is 6.92 Å². The van der Waals surface area contributed by atoms with E-state index in [1.54, 1.807) is 6.92 Å². The Labute approximate surface area is 148 Å². The molecule has 1 fully saturated rings. The van der Waals surface area contributed by atoms with Gasteiger partial charge < -0.3 is 14.6 Å². The lowest BCUT2D eigenvalue weighted by molar-refractivity contribution is 0.0273. The minimum atomic E-state index is -0.143. The Hall–Kier alpha value is -2.14. The third-order valence-electron chi connectivity index (χ3n) is 4.65. The second-order valence-corrected chi connectivity index (χ2v) is 6.57. The van der Waals surface area contributed by atoms with Gasteiger partial charge in [0, 0.05) is 18.7 Å². The average molecular weight is 342 g/mol. The van der Waals surface area contributed by atoms with E-state index in [-0.39, 0.29) is 5.91 Å². The van der Waals surface area contributed by atoms with Crippen LogP contribution in [0.1, 0.15) is 54.6 Å². The van der Waals surface area contributed by atoms with Gasteiger partial charge in [0.05, 0.1) is 6.10 Å². The van der Waals surface area contributed by atoms with Crippen molar-refractivity contribution >= 4 is 5.91 Å². The van der Waals surface area contributed by atoms with Gasteiger partial charge in [-0.3, -0.25) is 4.79 Å². The lowest BCUT2D eigenvalue weighted by Crippen LogP contribution is -2.27. The lowest BCUT2D eigenvalue weighted by atomic mass is 9.98. The van der Waals surface area contributed by atoms with Crippen LogP contribution in [0.2, 0.25) is 0 Å². The summed E-state index contributed by atoms with van der Waals surface area (Å²) in [4.78, 5) is 12.5. The van der Waals surface area contributed by atoms with Gasteiger partial charge in [-0.2, -0.15) is 0 Å². The van der Waals surface area contributed by atoms with Gasteiger partial charge in [-0.15, -0.1) is 0 Å². The number of aryl methyl sites for hydroxylation is 1. The molecule has 2 aromatic rings. The van der Waals surface area contributed by atoms with Gasteiger partial charge in [-0.25, -0.2) is 0 Å². The highest BCUT2D eigenvalue weighted by Gasteiger charge is 2.21. The monoisotopic (exact) mass is 342 g/mol. The third-order valence-corrected chi connectivity index (χ3v) is 4.65. The quantitative estimate of drug-likeness (QED) is 0.769. The normalized spacial score (nSPS) is 15.2. The van der Waals surface area contributed by atoms with Crippen molar-refractivity contribution in [2.24, 2.45) is 0 Å². The summed E-state index contributed by atoms with van der Waals surface area (Å²) in [6.07, 6.45) is 7.45. The molecule has 0 saturated heterocycles. The molecule has 0 radical (unpaired) electrons. The van der Waals surface area contributed by atoms with Crippen LogP contribution < -0.4 is 5.32 Å². The highest BCUT2D eigenvalue weighted by Crippen LogP contribution is 2.25. The summed E-state index contributed by atoms with van der Waals surface area (Å²) in [5.74, 6) is 0.394. The van der Waals surface area contributed by atoms with Gasteiger partial charge in [0.15, 0.2) is 0 Å². The Balaban J connectivity index is 1.49. The summed E-state index contributed by atoms with van der Waals surface area (Å²) in [5, 5.41) is 7.01. The van der Waals surface area contributed by atoms with Gasteiger partial charge in [-0.1, -0.05) is 54.8 Å². The fourth-order valence-electron chi connectivity index (χ4n) is 3.28. The zero-order valence-electron chi connectivity index (χ0n) is 14.8. The Morgan fingerprint density at radius 1 is 1.24 bits per heavy atom. The fourth-order valence-corrected chi connectivity index (χ4v) is 3.28. The molecule has 134 valence electrons. The molecule has 1 aliphatic rings. The molecule has 1 heterocycles. The number of hydrogen-bond donors (Lipinski definition) is 1. The number of aromatic nitrogens is 1. The van der Waals surface area contributed by atoms with Gasteiger partial charge in [0.2, 0.25) is 0 Å². The first-order valence-corrected chi connectivity index (χ1v) is 9.17. The number of ether oxygens (including phenoxy) is 1. The molecule has 1 amide bonds. The summed E-state index contributed by atoms with van der Waals surface area (Å²) in [6, 6.07) is 9.62. The first-order chi connectivity index (χ1) is 12.3. The van der Waals surface area contributed by atoms with Crippen molar-refractivity contribution in [3.63, 3.8) is 0 Å². The molecule has 1 aromatic carbocycles. The molecule has 0 spiro atoms. The van der Waals surface area contributed by atoms with E-state index in [0.717, 1.165) is 12.0 Å². The maximum Gasteiger partial charge on any atom is 0.257 e. The SMILES string of the molecule is Cc1onc(-c2ccccc2)c1C(=O)NCCCOC1CCCCC1. The van der Waals surface area contributed by atoms with E-state index < -0.39 is 0 Å². The predicted octanol–water partition coefficient (Wildman–Crippen LogP) is 4.12. The number of hydrogen-bond acceptors (Lipinski definition) is 4. The van der Waals surface area contributed by atoms with Crippen LogP contribution in [-0.2, 0) is 4.74 Å².